The average molecular weight is 486 g/mol. The van der Waals surface area contributed by atoms with Gasteiger partial charge in [-0.15, -0.1) is 0 Å². The molecule has 3 aromatic rings. The largest absolute Gasteiger partial charge is 0.462 e. The highest BCUT2D eigenvalue weighted by Gasteiger charge is 2.24. The fourth-order valence-corrected chi connectivity index (χ4v) is 5.06. The molecule has 4 rings (SSSR count). The van der Waals surface area contributed by atoms with Gasteiger partial charge in [0.1, 0.15) is 0 Å². The third kappa shape index (κ3) is 5.82. The normalized spacial score (nSPS) is 13.8. The van der Waals surface area contributed by atoms with E-state index in [1.165, 1.54) is 40.8 Å². The molecule has 0 atom stereocenters. The molecule has 0 radical (unpaired) electrons. The van der Waals surface area contributed by atoms with Gasteiger partial charge in [0.15, 0.2) is 0 Å². The number of esters is 1. The van der Waals surface area contributed by atoms with Gasteiger partial charge in [0.05, 0.1) is 12.2 Å². The zero-order valence-electron chi connectivity index (χ0n) is 22.1. The number of aliphatic hydroxyl groups is 1. The van der Waals surface area contributed by atoms with Gasteiger partial charge in [0.2, 0.25) is 0 Å². The second-order valence-electron chi connectivity index (χ2n) is 10.7. The Labute approximate surface area is 215 Å². The molecule has 0 unspecified atom stereocenters. The van der Waals surface area contributed by atoms with Crippen molar-refractivity contribution in [3.05, 3.63) is 77.4 Å². The first kappa shape index (κ1) is 26.0. The molecule has 1 aliphatic heterocycles. The van der Waals surface area contributed by atoms with Crippen LogP contribution < -0.4 is 4.90 Å². The van der Waals surface area contributed by atoms with Crippen LogP contribution in [0.4, 0.5) is 5.69 Å². The SMILES string of the molecule is CCOC(=O)c1ccc(-c2ccc(CCCO)c(-c3ccc(N4CCCC4)c(C(C)(C)C)c3)c2)cc1. The Morgan fingerprint density at radius 3 is 2.22 bits per heavy atom. The Bertz CT molecular complexity index is 1190. The molecule has 36 heavy (non-hydrogen) atoms. The summed E-state index contributed by atoms with van der Waals surface area (Å²) in [4.78, 5) is 14.6. The molecule has 0 saturated carbocycles. The summed E-state index contributed by atoms with van der Waals surface area (Å²) in [7, 11) is 0. The molecule has 4 nitrogen and oxygen atoms in total. The third-order valence-corrected chi connectivity index (χ3v) is 7.01. The van der Waals surface area contributed by atoms with Crippen molar-refractivity contribution >= 4 is 11.7 Å². The van der Waals surface area contributed by atoms with E-state index in [1.54, 1.807) is 0 Å². The molecule has 0 amide bonds. The number of anilines is 1. The smallest absolute Gasteiger partial charge is 0.338 e. The van der Waals surface area contributed by atoms with Gasteiger partial charge >= 0.3 is 5.97 Å². The summed E-state index contributed by atoms with van der Waals surface area (Å²) in [5.74, 6) is -0.295. The molecule has 1 fully saturated rings. The van der Waals surface area contributed by atoms with Crippen LogP contribution in [0.2, 0.25) is 0 Å². The molecule has 1 saturated heterocycles. The molecule has 0 bridgehead atoms. The summed E-state index contributed by atoms with van der Waals surface area (Å²) in [6.45, 7) is 11.5. The number of nitrogens with zero attached hydrogens (tertiary/aromatic N) is 1. The lowest BCUT2D eigenvalue weighted by Gasteiger charge is -2.29. The predicted molar refractivity (Wildman–Crippen MR) is 149 cm³/mol. The summed E-state index contributed by atoms with van der Waals surface area (Å²) in [5, 5.41) is 9.50. The summed E-state index contributed by atoms with van der Waals surface area (Å²) >= 11 is 0. The number of aliphatic hydroxyl groups excluding tert-OH is 1. The molecule has 1 aliphatic rings. The molecular weight excluding hydrogens is 446 g/mol. The average Bonchev–Trinajstić information content (AvgIpc) is 3.42. The minimum Gasteiger partial charge on any atom is -0.462 e. The van der Waals surface area contributed by atoms with E-state index < -0.39 is 0 Å². The third-order valence-electron chi connectivity index (χ3n) is 7.01. The van der Waals surface area contributed by atoms with Crippen molar-refractivity contribution in [3.63, 3.8) is 0 Å². The first-order valence-electron chi connectivity index (χ1n) is 13.2. The van der Waals surface area contributed by atoms with E-state index >= 15 is 0 Å². The lowest BCUT2D eigenvalue weighted by atomic mass is 9.82. The van der Waals surface area contributed by atoms with Crippen molar-refractivity contribution in [1.29, 1.82) is 0 Å². The van der Waals surface area contributed by atoms with Gasteiger partial charge in [-0.2, -0.15) is 0 Å². The van der Waals surface area contributed by atoms with Crippen molar-refractivity contribution in [2.45, 2.75) is 58.8 Å². The highest BCUT2D eigenvalue weighted by molar-refractivity contribution is 5.90. The zero-order chi connectivity index (χ0) is 25.7. The van der Waals surface area contributed by atoms with Crippen LogP contribution in [-0.4, -0.2) is 37.4 Å². The van der Waals surface area contributed by atoms with Crippen LogP contribution in [-0.2, 0) is 16.6 Å². The summed E-state index contributed by atoms with van der Waals surface area (Å²) in [6, 6.07) is 21.1. The zero-order valence-corrected chi connectivity index (χ0v) is 22.1. The molecule has 190 valence electrons. The maximum absolute atomic E-state index is 12.1. The van der Waals surface area contributed by atoms with E-state index in [-0.39, 0.29) is 18.0 Å². The van der Waals surface area contributed by atoms with Gasteiger partial charge in [-0.05, 0) is 102 Å². The van der Waals surface area contributed by atoms with E-state index in [4.69, 9.17) is 4.74 Å². The van der Waals surface area contributed by atoms with Gasteiger partial charge in [-0.25, -0.2) is 4.79 Å². The lowest BCUT2D eigenvalue weighted by Crippen LogP contribution is -2.23. The Morgan fingerprint density at radius 2 is 1.58 bits per heavy atom. The second kappa shape index (κ2) is 11.3. The van der Waals surface area contributed by atoms with Crippen LogP contribution in [0.5, 0.6) is 0 Å². The first-order valence-corrected chi connectivity index (χ1v) is 13.2. The van der Waals surface area contributed by atoms with Crippen molar-refractivity contribution in [2.75, 3.05) is 31.2 Å². The van der Waals surface area contributed by atoms with Gasteiger partial charge < -0.3 is 14.7 Å². The van der Waals surface area contributed by atoms with Crippen molar-refractivity contribution in [3.8, 4) is 22.3 Å². The Balaban J connectivity index is 1.76. The van der Waals surface area contributed by atoms with E-state index in [9.17, 15) is 9.90 Å². The van der Waals surface area contributed by atoms with Crippen molar-refractivity contribution < 1.29 is 14.6 Å². The monoisotopic (exact) mass is 485 g/mol. The van der Waals surface area contributed by atoms with Gasteiger partial charge in [0, 0.05) is 25.4 Å². The van der Waals surface area contributed by atoms with Crippen LogP contribution in [0.25, 0.3) is 22.3 Å². The van der Waals surface area contributed by atoms with E-state index in [0.717, 1.165) is 37.1 Å². The number of hydrogen-bond acceptors (Lipinski definition) is 4. The van der Waals surface area contributed by atoms with Crippen LogP contribution in [0, 0.1) is 0 Å². The maximum Gasteiger partial charge on any atom is 0.338 e. The van der Waals surface area contributed by atoms with Crippen molar-refractivity contribution in [1.82, 2.24) is 0 Å². The molecular formula is C32H39NO3. The van der Waals surface area contributed by atoms with E-state index in [0.29, 0.717) is 12.2 Å². The van der Waals surface area contributed by atoms with Gasteiger partial charge in [-0.1, -0.05) is 51.1 Å². The summed E-state index contributed by atoms with van der Waals surface area (Å²) < 4.78 is 5.13. The Hall–Kier alpha value is -3.11. The fourth-order valence-electron chi connectivity index (χ4n) is 5.06. The van der Waals surface area contributed by atoms with E-state index in [2.05, 4.69) is 62.1 Å². The number of rotatable bonds is 8. The number of ether oxygens (including phenoxy) is 1. The van der Waals surface area contributed by atoms with Crippen LogP contribution in [0.1, 0.15) is 68.4 Å². The molecule has 0 aromatic heterocycles. The standard InChI is InChI=1S/C32H39NO3/c1-5-36-31(35)25-13-10-23(11-14-25)26-15-12-24(9-8-20-34)28(21-26)27-16-17-30(33-18-6-7-19-33)29(22-27)32(2,3)4/h10-17,21-22,34H,5-9,18-20H2,1-4H3. The predicted octanol–water partition coefficient (Wildman–Crippen LogP) is 7.02. The van der Waals surface area contributed by atoms with Crippen LogP contribution in [0.15, 0.2) is 60.7 Å². The molecule has 1 heterocycles. The molecule has 0 aliphatic carbocycles. The quantitative estimate of drug-likeness (QED) is 0.348. The number of hydrogen-bond donors (Lipinski definition) is 1. The second-order valence-corrected chi connectivity index (χ2v) is 10.7. The molecule has 1 N–H and O–H groups in total. The molecule has 4 heteroatoms. The minimum atomic E-state index is -0.295. The highest BCUT2D eigenvalue weighted by Crippen LogP contribution is 2.39. The summed E-state index contributed by atoms with van der Waals surface area (Å²) in [5.41, 5.74) is 9.13. The Kier molecular flexibility index (Phi) is 8.15. The molecule has 0 spiro atoms. The number of benzene rings is 3. The molecule has 3 aromatic carbocycles. The minimum absolute atomic E-state index is 0.0275. The van der Waals surface area contributed by atoms with Crippen molar-refractivity contribution in [2.24, 2.45) is 0 Å². The Morgan fingerprint density at radius 1 is 0.917 bits per heavy atom. The number of carbonyl (C=O) groups is 1. The van der Waals surface area contributed by atoms with Gasteiger partial charge in [-0.3, -0.25) is 0 Å². The van der Waals surface area contributed by atoms with Crippen LogP contribution >= 0.6 is 0 Å². The van der Waals surface area contributed by atoms with Gasteiger partial charge in [0.25, 0.3) is 0 Å². The maximum atomic E-state index is 12.1. The topological polar surface area (TPSA) is 49.8 Å². The number of carbonyl (C=O) groups excluding carboxylic acids is 1. The fraction of sp³-hybridized carbons (Fsp3) is 0.406. The lowest BCUT2D eigenvalue weighted by molar-refractivity contribution is 0.0526. The summed E-state index contributed by atoms with van der Waals surface area (Å²) in [6.07, 6.45) is 4.08. The van der Waals surface area contributed by atoms with Crippen LogP contribution in [0.3, 0.4) is 0 Å². The number of aryl methyl sites for hydroxylation is 1. The highest BCUT2D eigenvalue weighted by atomic mass is 16.5. The first-order chi connectivity index (χ1) is 17.3. The van der Waals surface area contributed by atoms with E-state index in [1.807, 2.05) is 31.2 Å².